The van der Waals surface area contributed by atoms with Crippen molar-refractivity contribution >= 4 is 23.6 Å². The fourth-order valence-corrected chi connectivity index (χ4v) is 4.50. The van der Waals surface area contributed by atoms with Crippen LogP contribution in [0.2, 0.25) is 0 Å². The molecule has 6 heteroatoms. The molecule has 2 heterocycles. The van der Waals surface area contributed by atoms with Crippen LogP contribution in [0.15, 0.2) is 72.8 Å². The number of hydrogen-bond acceptors (Lipinski definition) is 4. The molecule has 2 aliphatic heterocycles. The predicted molar refractivity (Wildman–Crippen MR) is 123 cm³/mol. The van der Waals surface area contributed by atoms with Gasteiger partial charge in [0.15, 0.2) is 0 Å². The van der Waals surface area contributed by atoms with Gasteiger partial charge in [-0.25, -0.2) is 0 Å². The Balaban J connectivity index is 1.59. The number of fused-ring (bicyclic) bond motifs is 2. The third kappa shape index (κ3) is 2.87. The first-order valence-corrected chi connectivity index (χ1v) is 10.4. The van der Waals surface area contributed by atoms with Gasteiger partial charge >= 0.3 is 0 Å². The van der Waals surface area contributed by atoms with E-state index in [1.807, 2.05) is 0 Å². The molecule has 0 aliphatic carbocycles. The van der Waals surface area contributed by atoms with Gasteiger partial charge in [0, 0.05) is 0 Å². The van der Waals surface area contributed by atoms with E-state index in [1.165, 1.54) is 0 Å². The van der Waals surface area contributed by atoms with Crippen molar-refractivity contribution in [3.63, 3.8) is 0 Å². The summed E-state index contributed by atoms with van der Waals surface area (Å²) in [6.07, 6.45) is 11.7. The first-order chi connectivity index (χ1) is 16.5. The van der Waals surface area contributed by atoms with Crippen LogP contribution in [0.5, 0.6) is 0 Å². The van der Waals surface area contributed by atoms with Crippen LogP contribution in [0.1, 0.15) is 64.6 Å². The van der Waals surface area contributed by atoms with Crippen molar-refractivity contribution in [3.8, 4) is 24.7 Å². The van der Waals surface area contributed by atoms with Crippen LogP contribution < -0.4 is 0 Å². The van der Waals surface area contributed by atoms with Crippen molar-refractivity contribution in [2.75, 3.05) is 0 Å². The van der Waals surface area contributed by atoms with Gasteiger partial charge in [-0.3, -0.25) is 29.0 Å². The molecule has 2 aliphatic rings. The lowest BCUT2D eigenvalue weighted by Gasteiger charge is -2.28. The first kappa shape index (κ1) is 20.9. The van der Waals surface area contributed by atoms with Crippen LogP contribution in [0.4, 0.5) is 0 Å². The number of rotatable bonds is 4. The van der Waals surface area contributed by atoms with Crippen LogP contribution in [-0.4, -0.2) is 33.4 Å². The van der Waals surface area contributed by atoms with Gasteiger partial charge in [0.1, 0.15) is 12.1 Å². The Hall–Kier alpha value is -4.94. The molecule has 6 nitrogen and oxygen atoms in total. The van der Waals surface area contributed by atoms with Gasteiger partial charge in [-0.15, -0.1) is 12.8 Å². The third-order valence-electron chi connectivity index (χ3n) is 6.07. The molecule has 0 saturated carbocycles. The van der Waals surface area contributed by atoms with E-state index >= 15 is 0 Å². The number of hydrogen-bond donors (Lipinski definition) is 0. The molecular formula is C28H16N2O4. The zero-order chi connectivity index (χ0) is 24.0. The number of carbonyl (C=O) groups excluding carboxylic acids is 4. The molecule has 3 aromatic rings. The molecule has 0 N–H and O–H groups in total. The number of nitrogens with zero attached hydrogens (tertiary/aromatic N) is 2. The first-order valence-electron chi connectivity index (χ1n) is 10.4. The monoisotopic (exact) mass is 444 g/mol. The maximum absolute atomic E-state index is 13.1. The minimum atomic E-state index is -1.09. The van der Waals surface area contributed by atoms with Crippen LogP contribution in [0.25, 0.3) is 0 Å². The average Bonchev–Trinajstić information content (AvgIpc) is 3.27. The van der Waals surface area contributed by atoms with Gasteiger partial charge < -0.3 is 0 Å². The summed E-state index contributed by atoms with van der Waals surface area (Å²) in [4.78, 5) is 54.4. The Bertz CT molecular complexity index is 1310. The number of terminal acetylenes is 2. The number of imide groups is 2. The molecule has 2 atom stereocenters. The molecule has 0 fully saturated rings. The summed E-state index contributed by atoms with van der Waals surface area (Å²) in [5.41, 5.74) is 1.83. The predicted octanol–water partition coefficient (Wildman–Crippen LogP) is 3.63. The highest BCUT2D eigenvalue weighted by atomic mass is 16.2. The summed E-state index contributed by atoms with van der Waals surface area (Å²) in [5.74, 6) is 3.00. The average molecular weight is 444 g/mol. The Morgan fingerprint density at radius 3 is 1.03 bits per heavy atom. The summed E-state index contributed by atoms with van der Waals surface area (Å²) >= 11 is 0. The van der Waals surface area contributed by atoms with Crippen LogP contribution in [0.3, 0.4) is 0 Å². The minimum absolute atomic E-state index is 0.263. The summed E-state index contributed by atoms with van der Waals surface area (Å²) in [6, 6.07) is 17.4. The van der Waals surface area contributed by atoms with Crippen molar-refractivity contribution in [1.29, 1.82) is 0 Å². The molecule has 0 aromatic heterocycles. The molecule has 0 bridgehead atoms. The molecule has 0 saturated heterocycles. The largest absolute Gasteiger partial charge is 0.269 e. The van der Waals surface area contributed by atoms with Crippen molar-refractivity contribution < 1.29 is 19.2 Å². The van der Waals surface area contributed by atoms with Crippen LogP contribution >= 0.6 is 0 Å². The van der Waals surface area contributed by atoms with E-state index in [2.05, 4.69) is 11.8 Å². The number of carbonyl (C=O) groups is 4. The van der Waals surface area contributed by atoms with Gasteiger partial charge in [0.2, 0.25) is 0 Å². The Kier molecular flexibility index (Phi) is 4.85. The van der Waals surface area contributed by atoms with Gasteiger partial charge in [0.05, 0.1) is 22.3 Å². The molecular weight excluding hydrogens is 428 g/mol. The standard InChI is InChI=1S/C28H16N2O4/c1-3-23(29-25(31)19-13-7-8-14-20(19)26(29)32)17-11-5-6-12-18(17)24(4-2)30-27(33)21-15-9-10-16-22(21)28(30)34/h1-2,5-16,23-24H. The molecule has 162 valence electrons. The highest BCUT2D eigenvalue weighted by Crippen LogP contribution is 2.37. The van der Waals surface area contributed by atoms with E-state index in [4.69, 9.17) is 12.8 Å². The SMILES string of the molecule is C#CC(c1ccccc1C(C#C)N1C(=O)c2ccccc2C1=O)N1C(=O)c2ccccc2C1=O. The maximum Gasteiger partial charge on any atom is 0.262 e. The zero-order valence-corrected chi connectivity index (χ0v) is 17.8. The van der Waals surface area contributed by atoms with E-state index < -0.39 is 35.7 Å². The smallest absolute Gasteiger partial charge is 0.262 e. The fraction of sp³-hybridized carbons (Fsp3) is 0.0714. The highest BCUT2D eigenvalue weighted by molar-refractivity contribution is 6.22. The molecule has 34 heavy (non-hydrogen) atoms. The molecule has 2 unspecified atom stereocenters. The second-order valence-corrected chi connectivity index (χ2v) is 7.82. The topological polar surface area (TPSA) is 74.8 Å². The minimum Gasteiger partial charge on any atom is -0.269 e. The summed E-state index contributed by atoms with van der Waals surface area (Å²) in [6.45, 7) is 0. The molecule has 0 radical (unpaired) electrons. The lowest BCUT2D eigenvalue weighted by molar-refractivity contribution is 0.0590. The van der Waals surface area contributed by atoms with Crippen molar-refractivity contribution in [2.24, 2.45) is 0 Å². The summed E-state index contributed by atoms with van der Waals surface area (Å²) in [7, 11) is 0. The van der Waals surface area contributed by atoms with Crippen molar-refractivity contribution in [2.45, 2.75) is 12.1 Å². The molecule has 5 rings (SSSR count). The number of benzene rings is 3. The number of amides is 4. The van der Waals surface area contributed by atoms with E-state index in [0.717, 1.165) is 9.80 Å². The summed E-state index contributed by atoms with van der Waals surface area (Å²) < 4.78 is 0. The maximum atomic E-state index is 13.1. The second kappa shape index (κ2) is 7.88. The van der Waals surface area contributed by atoms with Crippen molar-refractivity contribution in [1.82, 2.24) is 9.80 Å². The quantitative estimate of drug-likeness (QED) is 0.455. The fourth-order valence-electron chi connectivity index (χ4n) is 4.50. The lowest BCUT2D eigenvalue weighted by Crippen LogP contribution is -2.37. The molecule has 4 amide bonds. The van der Waals surface area contributed by atoms with Crippen LogP contribution in [-0.2, 0) is 0 Å². The second-order valence-electron chi connectivity index (χ2n) is 7.82. The van der Waals surface area contributed by atoms with E-state index in [1.54, 1.807) is 72.8 Å². The van der Waals surface area contributed by atoms with Crippen LogP contribution in [0, 0.1) is 24.7 Å². The Morgan fingerprint density at radius 2 is 0.765 bits per heavy atom. The van der Waals surface area contributed by atoms with E-state index in [0.29, 0.717) is 11.1 Å². The normalized spacial score (nSPS) is 16.1. The van der Waals surface area contributed by atoms with E-state index in [9.17, 15) is 19.2 Å². The molecule has 0 spiro atoms. The highest BCUT2D eigenvalue weighted by Gasteiger charge is 2.43. The Morgan fingerprint density at radius 1 is 0.500 bits per heavy atom. The lowest BCUT2D eigenvalue weighted by atomic mass is 9.93. The van der Waals surface area contributed by atoms with E-state index in [-0.39, 0.29) is 22.3 Å². The summed E-state index contributed by atoms with van der Waals surface area (Å²) in [5, 5.41) is 0. The van der Waals surface area contributed by atoms with Gasteiger partial charge in [-0.1, -0.05) is 60.4 Å². The Labute approximate surface area is 195 Å². The third-order valence-corrected chi connectivity index (χ3v) is 6.07. The van der Waals surface area contributed by atoms with Crippen molar-refractivity contribution in [3.05, 3.63) is 106 Å². The zero-order valence-electron chi connectivity index (χ0n) is 17.8. The van der Waals surface area contributed by atoms with Gasteiger partial charge in [-0.2, -0.15) is 0 Å². The van der Waals surface area contributed by atoms with Gasteiger partial charge in [-0.05, 0) is 35.4 Å². The van der Waals surface area contributed by atoms with Gasteiger partial charge in [0.25, 0.3) is 23.6 Å². The molecule has 3 aromatic carbocycles.